The first-order valence-electron chi connectivity index (χ1n) is 8.04. The molecule has 0 nitrogen and oxygen atoms in total. The lowest BCUT2D eigenvalue weighted by atomic mass is 9.68. The predicted octanol–water partition coefficient (Wildman–Crippen LogP) is 5.67. The summed E-state index contributed by atoms with van der Waals surface area (Å²) in [4.78, 5) is 0. The zero-order valence-corrected chi connectivity index (χ0v) is 13.1. The number of benzene rings is 1. The van der Waals surface area contributed by atoms with E-state index >= 15 is 0 Å². The van der Waals surface area contributed by atoms with E-state index in [1.54, 1.807) is 0 Å². The largest absolute Gasteiger partial charge is 0.0877 e. The minimum absolute atomic E-state index is 0.0903. The number of fused-ring (bicyclic) bond motifs is 1. The van der Waals surface area contributed by atoms with Crippen molar-refractivity contribution >= 4 is 0 Å². The monoisotopic (exact) mass is 276 g/mol. The maximum absolute atomic E-state index is 2.45. The van der Waals surface area contributed by atoms with Crippen molar-refractivity contribution in [2.45, 2.75) is 44.9 Å². The van der Waals surface area contributed by atoms with Crippen molar-refractivity contribution in [3.05, 3.63) is 83.0 Å². The molecule has 0 fully saturated rings. The Morgan fingerprint density at radius 2 is 2.05 bits per heavy atom. The molecule has 0 spiro atoms. The van der Waals surface area contributed by atoms with Crippen molar-refractivity contribution in [1.82, 2.24) is 0 Å². The Morgan fingerprint density at radius 1 is 1.19 bits per heavy atom. The fourth-order valence-corrected chi connectivity index (χ4v) is 3.86. The van der Waals surface area contributed by atoms with Crippen LogP contribution in [0.1, 0.15) is 44.2 Å². The molecule has 0 saturated carbocycles. The zero-order chi connectivity index (χ0) is 14.7. The highest BCUT2D eigenvalue weighted by Crippen LogP contribution is 2.50. The average molecular weight is 276 g/mol. The molecule has 1 atom stereocenters. The third kappa shape index (κ3) is 2.33. The number of aryl methyl sites for hydroxylation is 1. The summed E-state index contributed by atoms with van der Waals surface area (Å²) in [7, 11) is 0. The van der Waals surface area contributed by atoms with Crippen molar-refractivity contribution < 1.29 is 0 Å². The van der Waals surface area contributed by atoms with Gasteiger partial charge in [0.1, 0.15) is 0 Å². The number of hydrogen-bond acceptors (Lipinski definition) is 0. The lowest BCUT2D eigenvalue weighted by Crippen LogP contribution is -2.27. The average Bonchev–Trinajstić information content (AvgIpc) is 2.94. The van der Waals surface area contributed by atoms with Gasteiger partial charge >= 0.3 is 0 Å². The Kier molecular flexibility index (Phi) is 3.96. The molecule has 0 heterocycles. The van der Waals surface area contributed by atoms with E-state index in [4.69, 9.17) is 0 Å². The number of allylic oxidation sites excluding steroid dienone is 8. The second kappa shape index (κ2) is 5.89. The summed E-state index contributed by atoms with van der Waals surface area (Å²) in [6.07, 6.45) is 18.5. The molecular weight excluding hydrogens is 252 g/mol. The highest BCUT2D eigenvalue weighted by Gasteiger charge is 2.42. The van der Waals surface area contributed by atoms with Gasteiger partial charge in [-0.15, -0.1) is 0 Å². The van der Waals surface area contributed by atoms with Gasteiger partial charge in [-0.1, -0.05) is 66.3 Å². The van der Waals surface area contributed by atoms with Crippen LogP contribution < -0.4 is 0 Å². The summed E-state index contributed by atoms with van der Waals surface area (Å²) < 4.78 is 0. The molecule has 2 aliphatic carbocycles. The molecule has 0 saturated heterocycles. The normalized spacial score (nSPS) is 25.2. The molecule has 0 N–H and O–H groups in total. The molecule has 3 rings (SSSR count). The summed E-state index contributed by atoms with van der Waals surface area (Å²) in [5.41, 5.74) is 6.08. The lowest BCUT2D eigenvalue weighted by Gasteiger charge is -2.34. The van der Waals surface area contributed by atoms with Crippen LogP contribution in [0.25, 0.3) is 0 Å². The van der Waals surface area contributed by atoms with E-state index in [-0.39, 0.29) is 5.41 Å². The molecule has 0 aromatic heterocycles. The summed E-state index contributed by atoms with van der Waals surface area (Å²) in [5.74, 6) is 0. The van der Waals surface area contributed by atoms with Gasteiger partial charge in [-0.2, -0.15) is 0 Å². The first-order chi connectivity index (χ1) is 10.3. The van der Waals surface area contributed by atoms with Crippen LogP contribution in [0.5, 0.6) is 0 Å². The van der Waals surface area contributed by atoms with Crippen molar-refractivity contribution in [1.29, 1.82) is 0 Å². The third-order valence-corrected chi connectivity index (χ3v) is 4.95. The highest BCUT2D eigenvalue weighted by molar-refractivity contribution is 5.57. The second-order valence-corrected chi connectivity index (χ2v) is 6.08. The molecule has 0 heteroatoms. The van der Waals surface area contributed by atoms with Crippen LogP contribution in [-0.2, 0) is 11.8 Å². The summed E-state index contributed by atoms with van der Waals surface area (Å²) in [6, 6.07) is 8.99. The summed E-state index contributed by atoms with van der Waals surface area (Å²) in [6.45, 7) is 4.38. The molecule has 108 valence electrons. The molecule has 0 radical (unpaired) electrons. The Bertz CT molecular complexity index is 640. The van der Waals surface area contributed by atoms with Gasteiger partial charge < -0.3 is 0 Å². The van der Waals surface area contributed by atoms with Crippen LogP contribution in [0, 0.1) is 0 Å². The van der Waals surface area contributed by atoms with Crippen molar-refractivity contribution in [3.63, 3.8) is 0 Å². The van der Waals surface area contributed by atoms with Gasteiger partial charge in [0.25, 0.3) is 0 Å². The van der Waals surface area contributed by atoms with Crippen LogP contribution in [0.15, 0.2) is 71.9 Å². The molecule has 1 unspecified atom stereocenters. The summed E-state index contributed by atoms with van der Waals surface area (Å²) >= 11 is 0. The van der Waals surface area contributed by atoms with Gasteiger partial charge in [0.05, 0.1) is 0 Å². The zero-order valence-electron chi connectivity index (χ0n) is 13.1. The quantitative estimate of drug-likeness (QED) is 0.624. The number of hydrogen-bond donors (Lipinski definition) is 0. The second-order valence-electron chi connectivity index (χ2n) is 6.08. The van der Waals surface area contributed by atoms with Crippen molar-refractivity contribution in [3.8, 4) is 0 Å². The molecule has 0 amide bonds. The van der Waals surface area contributed by atoms with Crippen molar-refractivity contribution in [2.75, 3.05) is 0 Å². The van der Waals surface area contributed by atoms with Gasteiger partial charge in [-0.05, 0) is 56.2 Å². The van der Waals surface area contributed by atoms with Gasteiger partial charge in [0, 0.05) is 5.41 Å². The van der Waals surface area contributed by atoms with Gasteiger partial charge in [-0.25, -0.2) is 0 Å². The molecule has 21 heavy (non-hydrogen) atoms. The van der Waals surface area contributed by atoms with Crippen LogP contribution in [0.3, 0.4) is 0 Å². The fourth-order valence-electron chi connectivity index (χ4n) is 3.86. The molecule has 1 aromatic rings. The third-order valence-electron chi connectivity index (χ3n) is 4.95. The van der Waals surface area contributed by atoms with Crippen LogP contribution in [0.4, 0.5) is 0 Å². The summed E-state index contributed by atoms with van der Waals surface area (Å²) in [5, 5.41) is 0. The first-order valence-corrected chi connectivity index (χ1v) is 8.04. The SMILES string of the molecule is C/C=C\C=C(/C)C1(C2=CCCC=C2)CCc2ccccc21. The van der Waals surface area contributed by atoms with E-state index in [9.17, 15) is 0 Å². The van der Waals surface area contributed by atoms with Gasteiger partial charge in [-0.3, -0.25) is 0 Å². The topological polar surface area (TPSA) is 0 Å². The number of rotatable bonds is 3. The Balaban J connectivity index is 2.18. The fraction of sp³-hybridized carbons (Fsp3) is 0.333. The first kappa shape index (κ1) is 14.1. The van der Waals surface area contributed by atoms with E-state index in [0.29, 0.717) is 0 Å². The van der Waals surface area contributed by atoms with Gasteiger partial charge in [0.15, 0.2) is 0 Å². The Labute approximate surface area is 128 Å². The minimum atomic E-state index is 0.0903. The molecule has 2 aliphatic rings. The van der Waals surface area contributed by atoms with E-state index in [2.05, 4.69) is 74.6 Å². The highest BCUT2D eigenvalue weighted by atomic mass is 14.4. The maximum Gasteiger partial charge on any atom is 0.0414 e. The molecular formula is C21H24. The van der Waals surface area contributed by atoms with E-state index in [0.717, 1.165) is 0 Å². The van der Waals surface area contributed by atoms with Crippen LogP contribution in [-0.4, -0.2) is 0 Å². The predicted molar refractivity (Wildman–Crippen MR) is 91.5 cm³/mol. The van der Waals surface area contributed by atoms with E-state index in [1.165, 1.54) is 48.0 Å². The van der Waals surface area contributed by atoms with E-state index in [1.807, 2.05) is 0 Å². The minimum Gasteiger partial charge on any atom is -0.0877 e. The van der Waals surface area contributed by atoms with Crippen molar-refractivity contribution in [2.24, 2.45) is 0 Å². The van der Waals surface area contributed by atoms with Crippen LogP contribution in [0.2, 0.25) is 0 Å². The molecule has 1 aromatic carbocycles. The molecule has 0 bridgehead atoms. The Morgan fingerprint density at radius 3 is 2.81 bits per heavy atom. The smallest absolute Gasteiger partial charge is 0.0414 e. The lowest BCUT2D eigenvalue weighted by molar-refractivity contribution is 0.589. The molecule has 0 aliphatic heterocycles. The Hall–Kier alpha value is -1.82. The van der Waals surface area contributed by atoms with E-state index < -0.39 is 0 Å². The standard InChI is InChI=1S/C21H24/c1-3-4-10-17(2)21(19-12-6-5-7-13-19)16-15-18-11-8-9-14-20(18)21/h3-4,6,8-14H,5,7,15-16H2,1-2H3/b4-3-,17-10+. The van der Waals surface area contributed by atoms with Crippen LogP contribution >= 0.6 is 0 Å². The maximum atomic E-state index is 2.45. The van der Waals surface area contributed by atoms with Gasteiger partial charge in [0.2, 0.25) is 0 Å².